The summed E-state index contributed by atoms with van der Waals surface area (Å²) in [6, 6.07) is -1.01. The van der Waals surface area contributed by atoms with Gasteiger partial charge in [0.25, 0.3) is 0 Å². The molecule has 0 spiro atoms. The SMILES string of the molecule is CCCCCCCCCCCCCCCCCCCCCC/C=C/CC/C=C/CCCC(O)C(O)C(CO)NC(=O)C(O)CCCCCCCCCCCCCCCCCCCCC. The maximum atomic E-state index is 12.6. The van der Waals surface area contributed by atoms with E-state index < -0.39 is 36.9 Å². The summed E-state index contributed by atoms with van der Waals surface area (Å²) < 4.78 is 0. The number of hydrogen-bond donors (Lipinski definition) is 5. The number of carbonyl (C=O) groups excluding carboxylic acids is 1. The van der Waals surface area contributed by atoms with Crippen LogP contribution in [0.2, 0.25) is 0 Å². The van der Waals surface area contributed by atoms with Crippen molar-refractivity contribution >= 4 is 5.91 Å². The maximum absolute atomic E-state index is 12.6. The van der Waals surface area contributed by atoms with Crippen LogP contribution in [0, 0.1) is 0 Å². The molecule has 1 amide bonds. The molecule has 0 rings (SSSR count). The molecule has 0 aliphatic heterocycles. The molecule has 6 heteroatoms. The normalized spacial score (nSPS) is 13.9. The van der Waals surface area contributed by atoms with E-state index in [1.54, 1.807) is 0 Å². The minimum Gasteiger partial charge on any atom is -0.394 e. The highest BCUT2D eigenvalue weighted by atomic mass is 16.3. The number of allylic oxidation sites excluding steroid dienone is 4. The Balaban J connectivity index is 3.65. The summed E-state index contributed by atoms with van der Waals surface area (Å²) in [7, 11) is 0. The number of rotatable bonds is 53. The zero-order valence-electron chi connectivity index (χ0n) is 43.0. The van der Waals surface area contributed by atoms with Gasteiger partial charge in [0.05, 0.1) is 18.8 Å². The Bertz CT molecular complexity index is 970. The fourth-order valence-electron chi connectivity index (χ4n) is 9.13. The molecular formula is C58H113NO5. The molecule has 0 heterocycles. The van der Waals surface area contributed by atoms with Crippen LogP contribution in [0.15, 0.2) is 24.3 Å². The van der Waals surface area contributed by atoms with Gasteiger partial charge in [-0.3, -0.25) is 4.79 Å². The van der Waals surface area contributed by atoms with Crippen LogP contribution < -0.4 is 5.32 Å². The molecule has 0 fully saturated rings. The van der Waals surface area contributed by atoms with Gasteiger partial charge in [0.15, 0.2) is 0 Å². The van der Waals surface area contributed by atoms with Crippen LogP contribution in [0.25, 0.3) is 0 Å². The van der Waals surface area contributed by atoms with Crippen LogP contribution >= 0.6 is 0 Å². The van der Waals surface area contributed by atoms with E-state index in [2.05, 4.69) is 43.5 Å². The van der Waals surface area contributed by atoms with Gasteiger partial charge >= 0.3 is 0 Å². The smallest absolute Gasteiger partial charge is 0.249 e. The van der Waals surface area contributed by atoms with E-state index in [1.807, 2.05) is 0 Å². The number of hydrogen-bond acceptors (Lipinski definition) is 5. The minimum absolute atomic E-state index is 0.364. The lowest BCUT2D eigenvalue weighted by molar-refractivity contribution is -0.132. The zero-order valence-corrected chi connectivity index (χ0v) is 43.0. The van der Waals surface area contributed by atoms with Gasteiger partial charge in [-0.1, -0.05) is 282 Å². The predicted octanol–water partition coefficient (Wildman–Crippen LogP) is 16.6. The summed E-state index contributed by atoms with van der Waals surface area (Å²) in [6.07, 6.45) is 64.0. The number of carbonyl (C=O) groups is 1. The van der Waals surface area contributed by atoms with Crippen LogP contribution in [0.3, 0.4) is 0 Å². The van der Waals surface area contributed by atoms with Crippen molar-refractivity contribution in [1.29, 1.82) is 0 Å². The third-order valence-electron chi connectivity index (χ3n) is 13.6. The molecular weight excluding hydrogens is 791 g/mol. The van der Waals surface area contributed by atoms with Crippen molar-refractivity contribution in [3.05, 3.63) is 24.3 Å². The third kappa shape index (κ3) is 45.9. The molecule has 0 aromatic carbocycles. The van der Waals surface area contributed by atoms with Crippen molar-refractivity contribution in [3.8, 4) is 0 Å². The second kappa shape index (κ2) is 52.8. The summed E-state index contributed by atoms with van der Waals surface area (Å²) in [5.41, 5.74) is 0. The fourth-order valence-corrected chi connectivity index (χ4v) is 9.13. The molecule has 0 radical (unpaired) electrons. The van der Waals surface area contributed by atoms with Gasteiger partial charge in [0, 0.05) is 0 Å². The highest BCUT2D eigenvalue weighted by Crippen LogP contribution is 2.18. The van der Waals surface area contributed by atoms with Crippen LogP contribution in [0.5, 0.6) is 0 Å². The summed E-state index contributed by atoms with van der Waals surface area (Å²) in [4.78, 5) is 12.6. The van der Waals surface area contributed by atoms with E-state index in [9.17, 15) is 25.2 Å². The zero-order chi connectivity index (χ0) is 46.7. The van der Waals surface area contributed by atoms with Gasteiger partial charge in [-0.05, 0) is 51.4 Å². The molecule has 0 aromatic rings. The van der Waals surface area contributed by atoms with Gasteiger partial charge < -0.3 is 25.7 Å². The number of aliphatic hydroxyl groups is 4. The standard InChI is InChI=1S/C58H113NO5/c1-3-5-7-9-11-13-15-17-19-21-23-24-25-26-27-28-29-30-31-32-34-35-37-39-41-43-45-47-49-51-55(61)57(63)54(53-60)59-58(64)56(62)52-50-48-46-44-42-40-38-36-33-22-20-18-16-14-12-10-8-6-4-2/h35,37,43,45,54-57,60-63H,3-34,36,38-42,44,46-53H2,1-2H3,(H,59,64)/b37-35+,45-43+. The molecule has 0 bridgehead atoms. The molecule has 5 N–H and O–H groups in total. The predicted molar refractivity (Wildman–Crippen MR) is 279 cm³/mol. The lowest BCUT2D eigenvalue weighted by Gasteiger charge is -2.27. The molecule has 0 aliphatic carbocycles. The topological polar surface area (TPSA) is 110 Å². The van der Waals surface area contributed by atoms with Crippen molar-refractivity contribution < 1.29 is 25.2 Å². The van der Waals surface area contributed by atoms with Gasteiger partial charge in [-0.25, -0.2) is 0 Å². The molecule has 0 aromatic heterocycles. The van der Waals surface area contributed by atoms with Crippen molar-refractivity contribution in [2.24, 2.45) is 0 Å². The lowest BCUT2D eigenvalue weighted by atomic mass is 10.00. The van der Waals surface area contributed by atoms with E-state index in [-0.39, 0.29) is 0 Å². The van der Waals surface area contributed by atoms with E-state index in [4.69, 9.17) is 0 Å². The van der Waals surface area contributed by atoms with E-state index in [0.29, 0.717) is 19.3 Å². The van der Waals surface area contributed by atoms with Crippen LogP contribution in [-0.2, 0) is 4.79 Å². The second-order valence-electron chi connectivity index (χ2n) is 20.0. The van der Waals surface area contributed by atoms with Crippen molar-refractivity contribution in [3.63, 3.8) is 0 Å². The Morgan fingerprint density at radius 3 is 0.984 bits per heavy atom. The number of amides is 1. The van der Waals surface area contributed by atoms with Gasteiger partial charge in [-0.15, -0.1) is 0 Å². The molecule has 0 saturated heterocycles. The van der Waals surface area contributed by atoms with Gasteiger partial charge in [0.2, 0.25) is 5.91 Å². The molecule has 6 nitrogen and oxygen atoms in total. The summed E-state index contributed by atoms with van der Waals surface area (Å²) >= 11 is 0. The highest BCUT2D eigenvalue weighted by molar-refractivity contribution is 5.80. The van der Waals surface area contributed by atoms with E-state index in [1.165, 1.54) is 238 Å². The minimum atomic E-state index is -1.29. The Hall–Kier alpha value is -1.21. The Morgan fingerprint density at radius 1 is 0.375 bits per heavy atom. The Kier molecular flexibility index (Phi) is 51.8. The molecule has 64 heavy (non-hydrogen) atoms. The van der Waals surface area contributed by atoms with Gasteiger partial charge in [-0.2, -0.15) is 0 Å². The molecule has 0 saturated carbocycles. The average Bonchev–Trinajstić information content (AvgIpc) is 3.30. The van der Waals surface area contributed by atoms with E-state index >= 15 is 0 Å². The van der Waals surface area contributed by atoms with E-state index in [0.717, 1.165) is 38.5 Å². The van der Waals surface area contributed by atoms with Crippen LogP contribution in [-0.4, -0.2) is 57.3 Å². The quantitative estimate of drug-likeness (QED) is 0.0308. The highest BCUT2D eigenvalue weighted by Gasteiger charge is 2.28. The second-order valence-corrected chi connectivity index (χ2v) is 20.0. The fraction of sp³-hybridized carbons (Fsp3) is 0.914. The third-order valence-corrected chi connectivity index (χ3v) is 13.6. The summed E-state index contributed by atoms with van der Waals surface area (Å²) in [5, 5.41) is 43.9. The summed E-state index contributed by atoms with van der Waals surface area (Å²) in [5.74, 6) is -0.592. The van der Waals surface area contributed by atoms with Crippen molar-refractivity contribution in [1.82, 2.24) is 5.32 Å². The van der Waals surface area contributed by atoms with Crippen LogP contribution in [0.1, 0.15) is 309 Å². The molecule has 4 atom stereocenters. The summed E-state index contributed by atoms with van der Waals surface area (Å²) in [6.45, 7) is 4.08. The largest absolute Gasteiger partial charge is 0.394 e. The first-order valence-corrected chi connectivity index (χ1v) is 28.7. The van der Waals surface area contributed by atoms with Crippen LogP contribution in [0.4, 0.5) is 0 Å². The first-order chi connectivity index (χ1) is 31.5. The van der Waals surface area contributed by atoms with Gasteiger partial charge in [0.1, 0.15) is 12.2 Å². The average molecular weight is 905 g/mol. The Morgan fingerprint density at radius 2 is 0.656 bits per heavy atom. The molecule has 380 valence electrons. The monoisotopic (exact) mass is 904 g/mol. The number of unbranched alkanes of at least 4 members (excludes halogenated alkanes) is 40. The number of nitrogens with one attached hydrogen (secondary N) is 1. The molecule has 4 unspecified atom stereocenters. The lowest BCUT2D eigenvalue weighted by Crippen LogP contribution is -2.53. The van der Waals surface area contributed by atoms with Crippen molar-refractivity contribution in [2.75, 3.05) is 6.61 Å². The van der Waals surface area contributed by atoms with Crippen molar-refractivity contribution in [2.45, 2.75) is 334 Å². The number of aliphatic hydroxyl groups excluding tert-OH is 4. The first kappa shape index (κ1) is 62.8. The Labute approximate surface area is 399 Å². The maximum Gasteiger partial charge on any atom is 0.249 e. The first-order valence-electron chi connectivity index (χ1n) is 28.7. The molecule has 0 aliphatic rings.